The normalized spacial score (nSPS) is 22.3. The van der Waals surface area contributed by atoms with Crippen LogP contribution in [0.5, 0.6) is 0 Å². The number of likely N-dealkylation sites (tertiary alicyclic amines) is 1. The first-order valence-corrected chi connectivity index (χ1v) is 6.02. The highest BCUT2D eigenvalue weighted by Crippen LogP contribution is 2.10. The molecule has 0 aromatic carbocycles. The zero-order chi connectivity index (χ0) is 10.5. The number of carbonyl (C=O) groups excluding carboxylic acids is 1. The Kier molecular flexibility index (Phi) is 3.78. The van der Waals surface area contributed by atoms with Crippen molar-refractivity contribution in [3.63, 3.8) is 0 Å². The lowest BCUT2D eigenvalue weighted by molar-refractivity contribution is -0.131. The average molecular weight is 208 g/mol. The van der Waals surface area contributed by atoms with Gasteiger partial charge >= 0.3 is 0 Å². The van der Waals surface area contributed by atoms with Crippen LogP contribution >= 0.6 is 0 Å². The van der Waals surface area contributed by atoms with Crippen LogP contribution in [0.4, 0.5) is 0 Å². The molecule has 0 bridgehead atoms. The molecule has 2 rings (SSSR count). The summed E-state index contributed by atoms with van der Waals surface area (Å²) in [5, 5.41) is 3.32. The molecule has 1 heterocycles. The van der Waals surface area contributed by atoms with E-state index in [1.165, 1.54) is 19.3 Å². The van der Waals surface area contributed by atoms with E-state index in [-0.39, 0.29) is 5.91 Å². The number of amides is 1. The third-order valence-corrected chi connectivity index (χ3v) is 3.26. The maximum absolute atomic E-state index is 11.8. The maximum Gasteiger partial charge on any atom is 0.236 e. The summed E-state index contributed by atoms with van der Waals surface area (Å²) in [6.07, 6.45) is 10.2. The number of nitrogens with zero attached hydrogens (tertiary/aromatic N) is 1. The zero-order valence-electron chi connectivity index (χ0n) is 9.24. The minimum absolute atomic E-state index is 0.279. The molecule has 3 nitrogen and oxygen atoms in total. The molecule has 2 aliphatic rings. The van der Waals surface area contributed by atoms with Gasteiger partial charge in [0.15, 0.2) is 0 Å². The fourth-order valence-corrected chi connectivity index (χ4v) is 2.27. The molecule has 0 unspecified atom stereocenters. The van der Waals surface area contributed by atoms with Crippen LogP contribution in [0.1, 0.15) is 32.1 Å². The molecule has 3 heteroatoms. The largest absolute Gasteiger partial charge is 0.342 e. The smallest absolute Gasteiger partial charge is 0.236 e. The lowest BCUT2D eigenvalue weighted by Crippen LogP contribution is -2.43. The number of hydrogen-bond acceptors (Lipinski definition) is 2. The number of piperidine rings is 1. The van der Waals surface area contributed by atoms with Crippen molar-refractivity contribution in [2.24, 2.45) is 0 Å². The summed E-state index contributed by atoms with van der Waals surface area (Å²) in [5.74, 6) is 0.279. The molecule has 0 atom stereocenters. The summed E-state index contributed by atoms with van der Waals surface area (Å²) >= 11 is 0. The second-order valence-electron chi connectivity index (χ2n) is 4.46. The Bertz CT molecular complexity index is 236. The van der Waals surface area contributed by atoms with E-state index in [9.17, 15) is 4.79 Å². The summed E-state index contributed by atoms with van der Waals surface area (Å²) in [6, 6.07) is 0.499. The van der Waals surface area contributed by atoms with Gasteiger partial charge in [-0.05, 0) is 32.1 Å². The van der Waals surface area contributed by atoms with Gasteiger partial charge in [0.25, 0.3) is 0 Å². The van der Waals surface area contributed by atoms with Crippen molar-refractivity contribution < 1.29 is 4.79 Å². The number of nitrogens with one attached hydrogen (secondary N) is 1. The van der Waals surface area contributed by atoms with Crippen LogP contribution in [0, 0.1) is 0 Å². The van der Waals surface area contributed by atoms with Crippen molar-refractivity contribution in [2.45, 2.75) is 38.1 Å². The molecule has 0 aromatic rings. The highest BCUT2D eigenvalue weighted by atomic mass is 16.2. The summed E-state index contributed by atoms with van der Waals surface area (Å²) in [5.41, 5.74) is 0. The van der Waals surface area contributed by atoms with E-state index >= 15 is 0 Å². The second kappa shape index (κ2) is 5.31. The summed E-state index contributed by atoms with van der Waals surface area (Å²) in [6.45, 7) is 2.44. The Morgan fingerprint density at radius 2 is 1.87 bits per heavy atom. The van der Waals surface area contributed by atoms with Crippen molar-refractivity contribution in [2.75, 3.05) is 19.6 Å². The van der Waals surface area contributed by atoms with E-state index in [1.807, 2.05) is 4.90 Å². The molecule has 1 N–H and O–H groups in total. The molecule has 1 fully saturated rings. The van der Waals surface area contributed by atoms with Crippen LogP contribution in [0.3, 0.4) is 0 Å². The molecule has 0 radical (unpaired) electrons. The summed E-state index contributed by atoms with van der Waals surface area (Å²) in [7, 11) is 0. The quantitative estimate of drug-likeness (QED) is 0.709. The van der Waals surface area contributed by atoms with Gasteiger partial charge in [-0.1, -0.05) is 12.2 Å². The first-order valence-electron chi connectivity index (χ1n) is 6.02. The molecule has 84 valence electrons. The van der Waals surface area contributed by atoms with Crippen molar-refractivity contribution in [3.8, 4) is 0 Å². The monoisotopic (exact) mass is 208 g/mol. The second-order valence-corrected chi connectivity index (χ2v) is 4.46. The summed E-state index contributed by atoms with van der Waals surface area (Å²) < 4.78 is 0. The number of rotatable bonds is 3. The van der Waals surface area contributed by atoms with Gasteiger partial charge < -0.3 is 10.2 Å². The maximum atomic E-state index is 11.8. The van der Waals surface area contributed by atoms with Gasteiger partial charge in [0.1, 0.15) is 0 Å². The van der Waals surface area contributed by atoms with Gasteiger partial charge in [0, 0.05) is 19.1 Å². The van der Waals surface area contributed by atoms with Crippen LogP contribution < -0.4 is 5.32 Å². The van der Waals surface area contributed by atoms with Crippen molar-refractivity contribution in [1.29, 1.82) is 0 Å². The van der Waals surface area contributed by atoms with E-state index in [0.717, 1.165) is 25.9 Å². The number of hydrogen-bond donors (Lipinski definition) is 1. The van der Waals surface area contributed by atoms with E-state index in [2.05, 4.69) is 17.5 Å². The van der Waals surface area contributed by atoms with E-state index in [1.54, 1.807) is 0 Å². The van der Waals surface area contributed by atoms with E-state index < -0.39 is 0 Å². The van der Waals surface area contributed by atoms with Crippen LogP contribution in [0.25, 0.3) is 0 Å². The Morgan fingerprint density at radius 3 is 2.53 bits per heavy atom. The zero-order valence-corrected chi connectivity index (χ0v) is 9.24. The van der Waals surface area contributed by atoms with Gasteiger partial charge in [0.2, 0.25) is 5.91 Å². The lowest BCUT2D eigenvalue weighted by atomic mass is 10.1. The molecule has 0 aromatic heterocycles. The molecule has 0 spiro atoms. The Balaban J connectivity index is 1.67. The fourth-order valence-electron chi connectivity index (χ4n) is 2.27. The molecule has 15 heavy (non-hydrogen) atoms. The highest BCUT2D eigenvalue weighted by Gasteiger charge is 2.17. The fraction of sp³-hybridized carbons (Fsp3) is 0.750. The number of carbonyl (C=O) groups is 1. The van der Waals surface area contributed by atoms with Crippen LogP contribution in [-0.2, 0) is 4.79 Å². The lowest BCUT2D eigenvalue weighted by Gasteiger charge is -2.27. The molecular formula is C12H20N2O. The average Bonchev–Trinajstić information content (AvgIpc) is 2.80. The van der Waals surface area contributed by atoms with Crippen LogP contribution in [0.15, 0.2) is 12.2 Å². The van der Waals surface area contributed by atoms with Gasteiger partial charge in [-0.15, -0.1) is 0 Å². The van der Waals surface area contributed by atoms with Gasteiger partial charge in [-0.3, -0.25) is 4.79 Å². The first-order chi connectivity index (χ1) is 7.36. The standard InChI is InChI=1S/C12H20N2O/c15-12(14-8-4-1-5-9-14)10-13-11-6-2-3-7-11/h2-3,11,13H,1,4-10H2. The molecule has 1 aliphatic heterocycles. The predicted molar refractivity (Wildman–Crippen MR) is 60.6 cm³/mol. The van der Waals surface area contributed by atoms with E-state index in [4.69, 9.17) is 0 Å². The molecule has 1 saturated heterocycles. The van der Waals surface area contributed by atoms with Gasteiger partial charge in [-0.2, -0.15) is 0 Å². The highest BCUT2D eigenvalue weighted by molar-refractivity contribution is 5.78. The minimum Gasteiger partial charge on any atom is -0.342 e. The third-order valence-electron chi connectivity index (χ3n) is 3.26. The molecule has 1 aliphatic carbocycles. The predicted octanol–water partition coefficient (Wildman–Crippen LogP) is 1.31. The Labute approximate surface area is 91.5 Å². The summed E-state index contributed by atoms with van der Waals surface area (Å²) in [4.78, 5) is 13.8. The molecule has 1 amide bonds. The SMILES string of the molecule is O=C(CNC1CC=CC1)N1CCCCC1. The van der Waals surface area contributed by atoms with Crippen molar-refractivity contribution in [3.05, 3.63) is 12.2 Å². The first kappa shape index (κ1) is 10.7. The Morgan fingerprint density at radius 1 is 1.20 bits per heavy atom. The molecule has 0 saturated carbocycles. The van der Waals surface area contributed by atoms with Crippen molar-refractivity contribution in [1.82, 2.24) is 10.2 Å². The van der Waals surface area contributed by atoms with Crippen LogP contribution in [-0.4, -0.2) is 36.5 Å². The third kappa shape index (κ3) is 3.06. The van der Waals surface area contributed by atoms with E-state index in [0.29, 0.717) is 12.6 Å². The van der Waals surface area contributed by atoms with Gasteiger partial charge in [-0.25, -0.2) is 0 Å². The van der Waals surface area contributed by atoms with Gasteiger partial charge in [0.05, 0.1) is 6.54 Å². The molecular weight excluding hydrogens is 188 g/mol. The van der Waals surface area contributed by atoms with Crippen LogP contribution in [0.2, 0.25) is 0 Å². The van der Waals surface area contributed by atoms with Crippen molar-refractivity contribution >= 4 is 5.91 Å². The Hall–Kier alpha value is -0.830. The minimum atomic E-state index is 0.279. The topological polar surface area (TPSA) is 32.3 Å².